The van der Waals surface area contributed by atoms with Gasteiger partial charge in [0, 0.05) is 38.4 Å². The van der Waals surface area contributed by atoms with Crippen LogP contribution in [0.4, 0.5) is 11.4 Å². The molecule has 0 spiro atoms. The van der Waals surface area contributed by atoms with Crippen LogP contribution in [0, 0.1) is 10.1 Å². The first-order chi connectivity index (χ1) is 11.0. The highest BCUT2D eigenvalue weighted by Crippen LogP contribution is 2.26. The van der Waals surface area contributed by atoms with Gasteiger partial charge >= 0.3 is 0 Å². The smallest absolute Gasteiger partial charge is 0.270 e. The van der Waals surface area contributed by atoms with Crippen LogP contribution in [0.25, 0.3) is 0 Å². The Morgan fingerprint density at radius 3 is 2.78 bits per heavy atom. The lowest BCUT2D eigenvalue weighted by Crippen LogP contribution is -2.39. The Morgan fingerprint density at radius 2 is 2.17 bits per heavy atom. The molecule has 0 saturated carbocycles. The molecular formula is C15H21N3O5. The Kier molecular flexibility index (Phi) is 5.89. The zero-order valence-electron chi connectivity index (χ0n) is 13.3. The Hall–Kier alpha value is -2.19. The van der Waals surface area contributed by atoms with Crippen molar-refractivity contribution in [3.63, 3.8) is 0 Å². The molecule has 0 aromatic heterocycles. The van der Waals surface area contributed by atoms with Gasteiger partial charge in [-0.3, -0.25) is 14.9 Å². The van der Waals surface area contributed by atoms with E-state index in [2.05, 4.69) is 5.32 Å². The van der Waals surface area contributed by atoms with E-state index >= 15 is 0 Å². The molecule has 0 bridgehead atoms. The summed E-state index contributed by atoms with van der Waals surface area (Å²) in [7, 11) is 1.55. The van der Waals surface area contributed by atoms with E-state index in [1.54, 1.807) is 13.2 Å². The number of methoxy groups -OCH3 is 1. The SMILES string of the molecule is COCC(C)NC(=O)c1cc([N+](=O)[O-])ccc1N1CCOCC1. The summed E-state index contributed by atoms with van der Waals surface area (Å²) in [5, 5.41) is 13.8. The van der Waals surface area contributed by atoms with Crippen LogP contribution in [0.3, 0.4) is 0 Å². The van der Waals surface area contributed by atoms with E-state index in [-0.39, 0.29) is 17.6 Å². The fourth-order valence-electron chi connectivity index (χ4n) is 2.49. The second kappa shape index (κ2) is 7.89. The summed E-state index contributed by atoms with van der Waals surface area (Å²) in [6, 6.07) is 4.17. The maximum Gasteiger partial charge on any atom is 0.270 e. The van der Waals surface area contributed by atoms with E-state index in [9.17, 15) is 14.9 Å². The molecule has 1 aromatic carbocycles. The number of hydrogen-bond acceptors (Lipinski definition) is 6. The second-order valence-electron chi connectivity index (χ2n) is 5.39. The number of nitrogens with zero attached hydrogens (tertiary/aromatic N) is 2. The van der Waals surface area contributed by atoms with E-state index < -0.39 is 4.92 Å². The van der Waals surface area contributed by atoms with Crippen LogP contribution in [0.1, 0.15) is 17.3 Å². The van der Waals surface area contributed by atoms with Gasteiger partial charge in [-0.25, -0.2) is 0 Å². The molecule has 126 valence electrons. The molecule has 0 radical (unpaired) electrons. The number of ether oxygens (including phenoxy) is 2. The van der Waals surface area contributed by atoms with Crippen molar-refractivity contribution < 1.29 is 19.2 Å². The van der Waals surface area contributed by atoms with Gasteiger partial charge < -0.3 is 19.7 Å². The Morgan fingerprint density at radius 1 is 1.48 bits per heavy atom. The van der Waals surface area contributed by atoms with Crippen LogP contribution in [0.15, 0.2) is 18.2 Å². The Bertz CT molecular complexity index is 572. The van der Waals surface area contributed by atoms with E-state index in [0.29, 0.717) is 44.2 Å². The summed E-state index contributed by atoms with van der Waals surface area (Å²) >= 11 is 0. The zero-order chi connectivity index (χ0) is 16.8. The lowest BCUT2D eigenvalue weighted by atomic mass is 10.1. The van der Waals surface area contributed by atoms with Gasteiger partial charge in [0.05, 0.1) is 36.0 Å². The van der Waals surface area contributed by atoms with Gasteiger partial charge in [0.15, 0.2) is 0 Å². The third-order valence-corrected chi connectivity index (χ3v) is 3.58. The molecule has 1 fully saturated rings. The monoisotopic (exact) mass is 323 g/mol. The Labute approximate surface area is 134 Å². The topological polar surface area (TPSA) is 93.9 Å². The van der Waals surface area contributed by atoms with Crippen LogP contribution < -0.4 is 10.2 Å². The van der Waals surface area contributed by atoms with E-state index in [1.807, 2.05) is 11.8 Å². The third kappa shape index (κ3) is 4.40. The van der Waals surface area contributed by atoms with Gasteiger partial charge in [-0.05, 0) is 13.0 Å². The normalized spacial score (nSPS) is 16.0. The van der Waals surface area contributed by atoms with Crippen molar-refractivity contribution in [1.82, 2.24) is 5.32 Å². The number of benzene rings is 1. The summed E-state index contributed by atoms with van der Waals surface area (Å²) in [5.74, 6) is -0.347. The molecular weight excluding hydrogens is 302 g/mol. The number of carbonyl (C=O) groups excluding carboxylic acids is 1. The maximum atomic E-state index is 12.5. The molecule has 1 aliphatic heterocycles. The molecule has 1 saturated heterocycles. The standard InChI is InChI=1S/C15H21N3O5/c1-11(10-22-2)16-15(19)13-9-12(18(20)21)3-4-14(13)17-5-7-23-8-6-17/h3-4,9,11H,5-8,10H2,1-2H3,(H,16,19). The lowest BCUT2D eigenvalue weighted by Gasteiger charge is -2.30. The number of carbonyl (C=O) groups is 1. The average molecular weight is 323 g/mol. The van der Waals surface area contributed by atoms with Gasteiger partial charge in [0.2, 0.25) is 0 Å². The van der Waals surface area contributed by atoms with Crippen LogP contribution in [-0.4, -0.2) is 56.9 Å². The summed E-state index contributed by atoms with van der Waals surface area (Å²) in [4.78, 5) is 25.0. The Balaban J connectivity index is 2.30. The number of morpholine rings is 1. The first kappa shape index (κ1) is 17.2. The van der Waals surface area contributed by atoms with Crippen molar-refractivity contribution in [3.8, 4) is 0 Å². The first-order valence-corrected chi connectivity index (χ1v) is 7.44. The molecule has 1 atom stereocenters. The minimum atomic E-state index is -0.502. The largest absolute Gasteiger partial charge is 0.383 e. The highest BCUT2D eigenvalue weighted by atomic mass is 16.6. The molecule has 1 aliphatic rings. The van der Waals surface area contributed by atoms with Crippen LogP contribution >= 0.6 is 0 Å². The molecule has 1 unspecified atom stereocenters. The number of amides is 1. The second-order valence-corrected chi connectivity index (χ2v) is 5.39. The molecule has 1 N–H and O–H groups in total. The number of nitrogens with one attached hydrogen (secondary N) is 1. The van der Waals surface area contributed by atoms with E-state index in [0.717, 1.165) is 0 Å². The molecule has 2 rings (SSSR count). The third-order valence-electron chi connectivity index (χ3n) is 3.58. The van der Waals surface area contributed by atoms with Crippen LogP contribution in [0.5, 0.6) is 0 Å². The van der Waals surface area contributed by atoms with E-state index in [4.69, 9.17) is 9.47 Å². The van der Waals surface area contributed by atoms with Crippen LogP contribution in [-0.2, 0) is 9.47 Å². The predicted molar refractivity (Wildman–Crippen MR) is 84.9 cm³/mol. The average Bonchev–Trinajstić information content (AvgIpc) is 2.55. The van der Waals surface area contributed by atoms with Gasteiger partial charge in [-0.1, -0.05) is 0 Å². The maximum absolute atomic E-state index is 12.5. The number of nitro benzene ring substituents is 1. The molecule has 1 aromatic rings. The zero-order valence-corrected chi connectivity index (χ0v) is 13.3. The quantitative estimate of drug-likeness (QED) is 0.624. The van der Waals surface area contributed by atoms with Gasteiger partial charge in [0.25, 0.3) is 11.6 Å². The highest BCUT2D eigenvalue weighted by molar-refractivity contribution is 6.00. The first-order valence-electron chi connectivity index (χ1n) is 7.44. The molecule has 8 nitrogen and oxygen atoms in total. The van der Waals surface area contributed by atoms with Crippen molar-refractivity contribution >= 4 is 17.3 Å². The number of non-ortho nitro benzene ring substituents is 1. The van der Waals surface area contributed by atoms with Crippen molar-refractivity contribution in [1.29, 1.82) is 0 Å². The molecule has 0 aliphatic carbocycles. The molecule has 1 heterocycles. The summed E-state index contributed by atoms with van der Waals surface area (Å²) in [6.45, 7) is 4.61. The summed E-state index contributed by atoms with van der Waals surface area (Å²) in [6.07, 6.45) is 0. The summed E-state index contributed by atoms with van der Waals surface area (Å²) < 4.78 is 10.3. The van der Waals surface area contributed by atoms with E-state index in [1.165, 1.54) is 12.1 Å². The summed E-state index contributed by atoms with van der Waals surface area (Å²) in [5.41, 5.74) is 0.872. The van der Waals surface area contributed by atoms with Crippen molar-refractivity contribution in [2.45, 2.75) is 13.0 Å². The van der Waals surface area contributed by atoms with Gasteiger partial charge in [-0.2, -0.15) is 0 Å². The minimum absolute atomic E-state index is 0.105. The highest BCUT2D eigenvalue weighted by Gasteiger charge is 2.22. The van der Waals surface area contributed by atoms with Gasteiger partial charge in [0.1, 0.15) is 0 Å². The number of hydrogen-bond donors (Lipinski definition) is 1. The molecule has 8 heteroatoms. The molecule has 23 heavy (non-hydrogen) atoms. The molecule has 1 amide bonds. The predicted octanol–water partition coefficient (Wildman–Crippen LogP) is 1.20. The minimum Gasteiger partial charge on any atom is -0.383 e. The van der Waals surface area contributed by atoms with Crippen molar-refractivity contribution in [2.75, 3.05) is 44.9 Å². The van der Waals surface area contributed by atoms with Crippen molar-refractivity contribution in [3.05, 3.63) is 33.9 Å². The van der Waals surface area contributed by atoms with Crippen LogP contribution in [0.2, 0.25) is 0 Å². The number of rotatable bonds is 6. The van der Waals surface area contributed by atoms with Gasteiger partial charge in [-0.15, -0.1) is 0 Å². The number of nitro groups is 1. The lowest BCUT2D eigenvalue weighted by molar-refractivity contribution is -0.384. The fourth-order valence-corrected chi connectivity index (χ4v) is 2.49. The fraction of sp³-hybridized carbons (Fsp3) is 0.533. The van der Waals surface area contributed by atoms with Crippen molar-refractivity contribution in [2.24, 2.45) is 0 Å². The number of anilines is 1.